The fourth-order valence-corrected chi connectivity index (χ4v) is 1.92. The summed E-state index contributed by atoms with van der Waals surface area (Å²) >= 11 is 0. The van der Waals surface area contributed by atoms with Gasteiger partial charge in [0.1, 0.15) is 17.3 Å². The number of ether oxygens (including phenoxy) is 1. The molecule has 2 nitrogen and oxygen atoms in total. The molecule has 0 aromatic heterocycles. The molecule has 2 aromatic carbocycles. The maximum atomic E-state index is 13.6. The third kappa shape index (κ3) is 2.87. The van der Waals surface area contributed by atoms with Crippen molar-refractivity contribution in [3.63, 3.8) is 0 Å². The summed E-state index contributed by atoms with van der Waals surface area (Å²) in [6.07, 6.45) is 0. The molecule has 0 spiro atoms. The summed E-state index contributed by atoms with van der Waals surface area (Å²) in [5.41, 5.74) is 2.98. The van der Waals surface area contributed by atoms with E-state index in [9.17, 15) is 9.18 Å². The lowest BCUT2D eigenvalue weighted by molar-refractivity contribution is 0.101. The van der Waals surface area contributed by atoms with Crippen molar-refractivity contribution in [2.45, 2.75) is 27.7 Å². The number of carbonyl (C=O) groups is 1. The first-order valence-corrected chi connectivity index (χ1v) is 6.44. The number of carbonyl (C=O) groups excluding carboxylic acids is 1. The molecule has 0 saturated carbocycles. The Hall–Kier alpha value is -2.16. The van der Waals surface area contributed by atoms with E-state index in [1.54, 1.807) is 13.0 Å². The highest BCUT2D eigenvalue weighted by Gasteiger charge is 2.13. The molecule has 0 aliphatic carbocycles. The summed E-state index contributed by atoms with van der Waals surface area (Å²) in [4.78, 5) is 11.6. The standard InChI is InChI=1S/C17H17FO2/c1-10-5-6-14(7-11(10)2)20-17-8-12(3)16(18)9-15(17)13(4)19/h5-9H,1-4H3. The second kappa shape index (κ2) is 5.45. The van der Waals surface area contributed by atoms with Crippen LogP contribution in [0.4, 0.5) is 4.39 Å². The Balaban J connectivity index is 2.44. The molecule has 0 atom stereocenters. The van der Waals surface area contributed by atoms with Gasteiger partial charge < -0.3 is 4.74 Å². The van der Waals surface area contributed by atoms with Gasteiger partial charge in [0.15, 0.2) is 5.78 Å². The number of aryl methyl sites for hydroxylation is 3. The smallest absolute Gasteiger partial charge is 0.163 e. The maximum absolute atomic E-state index is 13.6. The van der Waals surface area contributed by atoms with Gasteiger partial charge in [-0.15, -0.1) is 0 Å². The summed E-state index contributed by atoms with van der Waals surface area (Å²) in [6, 6.07) is 8.48. The summed E-state index contributed by atoms with van der Waals surface area (Å²) in [6.45, 7) is 7.05. The number of rotatable bonds is 3. The first kappa shape index (κ1) is 14.3. The highest BCUT2D eigenvalue weighted by Crippen LogP contribution is 2.29. The van der Waals surface area contributed by atoms with E-state index in [0.29, 0.717) is 17.1 Å². The van der Waals surface area contributed by atoms with Crippen LogP contribution in [0.3, 0.4) is 0 Å². The second-order valence-electron chi connectivity index (χ2n) is 5.00. The van der Waals surface area contributed by atoms with Crippen LogP contribution in [0.5, 0.6) is 11.5 Å². The minimum absolute atomic E-state index is 0.220. The van der Waals surface area contributed by atoms with E-state index < -0.39 is 5.82 Å². The first-order valence-electron chi connectivity index (χ1n) is 6.44. The molecule has 20 heavy (non-hydrogen) atoms. The zero-order valence-corrected chi connectivity index (χ0v) is 12.1. The lowest BCUT2D eigenvalue weighted by Crippen LogP contribution is -2.00. The molecule has 0 heterocycles. The number of hydrogen-bond acceptors (Lipinski definition) is 2. The van der Waals surface area contributed by atoms with Gasteiger partial charge in [0.2, 0.25) is 0 Å². The van der Waals surface area contributed by atoms with Crippen molar-refractivity contribution in [2.24, 2.45) is 0 Å². The molecular weight excluding hydrogens is 255 g/mol. The summed E-state index contributed by atoms with van der Waals surface area (Å²) < 4.78 is 19.3. The largest absolute Gasteiger partial charge is 0.457 e. The Morgan fingerprint density at radius 2 is 1.70 bits per heavy atom. The van der Waals surface area contributed by atoms with Gasteiger partial charge in [-0.3, -0.25) is 4.79 Å². The highest BCUT2D eigenvalue weighted by molar-refractivity contribution is 5.97. The zero-order chi connectivity index (χ0) is 14.9. The number of hydrogen-bond donors (Lipinski definition) is 0. The Morgan fingerprint density at radius 1 is 1.00 bits per heavy atom. The van der Waals surface area contributed by atoms with Crippen LogP contribution in [-0.2, 0) is 0 Å². The maximum Gasteiger partial charge on any atom is 0.163 e. The fraction of sp³-hybridized carbons (Fsp3) is 0.235. The van der Waals surface area contributed by atoms with Gasteiger partial charge in [-0.05, 0) is 68.7 Å². The Kier molecular flexibility index (Phi) is 3.89. The lowest BCUT2D eigenvalue weighted by Gasteiger charge is -2.12. The quantitative estimate of drug-likeness (QED) is 0.754. The van der Waals surface area contributed by atoms with E-state index in [0.717, 1.165) is 5.56 Å². The van der Waals surface area contributed by atoms with Gasteiger partial charge in [-0.25, -0.2) is 4.39 Å². The molecule has 2 aromatic rings. The Labute approximate surface area is 118 Å². The van der Waals surface area contributed by atoms with Gasteiger partial charge in [-0.2, -0.15) is 0 Å². The number of benzene rings is 2. The average Bonchev–Trinajstić information content (AvgIpc) is 2.37. The molecule has 0 aliphatic heterocycles. The van der Waals surface area contributed by atoms with Gasteiger partial charge in [0, 0.05) is 0 Å². The average molecular weight is 272 g/mol. The zero-order valence-electron chi connectivity index (χ0n) is 12.1. The fourth-order valence-electron chi connectivity index (χ4n) is 1.92. The number of ketones is 1. The van der Waals surface area contributed by atoms with Crippen LogP contribution in [-0.4, -0.2) is 5.78 Å². The third-order valence-corrected chi connectivity index (χ3v) is 3.35. The van der Waals surface area contributed by atoms with E-state index in [1.165, 1.54) is 18.6 Å². The Morgan fingerprint density at radius 3 is 2.30 bits per heavy atom. The molecule has 0 N–H and O–H groups in total. The molecule has 2 rings (SSSR count). The topological polar surface area (TPSA) is 26.3 Å². The van der Waals surface area contributed by atoms with E-state index in [4.69, 9.17) is 4.74 Å². The molecule has 0 amide bonds. The van der Waals surface area contributed by atoms with Crippen LogP contribution in [0.25, 0.3) is 0 Å². The van der Waals surface area contributed by atoms with Crippen LogP contribution in [0.2, 0.25) is 0 Å². The molecule has 104 valence electrons. The summed E-state index contributed by atoms with van der Waals surface area (Å²) in [5, 5.41) is 0. The van der Waals surface area contributed by atoms with Crippen molar-refractivity contribution >= 4 is 5.78 Å². The molecule has 0 radical (unpaired) electrons. The first-order chi connectivity index (χ1) is 9.38. The van der Waals surface area contributed by atoms with Gasteiger partial charge in [0.05, 0.1) is 5.56 Å². The van der Waals surface area contributed by atoms with Gasteiger partial charge >= 0.3 is 0 Å². The van der Waals surface area contributed by atoms with Crippen molar-refractivity contribution < 1.29 is 13.9 Å². The molecule has 0 aliphatic rings. The SMILES string of the molecule is CC(=O)c1cc(F)c(C)cc1Oc1ccc(C)c(C)c1. The highest BCUT2D eigenvalue weighted by atomic mass is 19.1. The number of Topliss-reactive ketones (excluding diaryl/α,β-unsaturated/α-hetero) is 1. The van der Waals surface area contributed by atoms with E-state index in [1.807, 2.05) is 32.0 Å². The Bertz CT molecular complexity index is 675. The molecule has 0 saturated heterocycles. The minimum Gasteiger partial charge on any atom is -0.457 e. The van der Waals surface area contributed by atoms with Crippen molar-refractivity contribution in [1.29, 1.82) is 0 Å². The lowest BCUT2D eigenvalue weighted by atomic mass is 10.1. The van der Waals surface area contributed by atoms with Crippen molar-refractivity contribution in [1.82, 2.24) is 0 Å². The predicted octanol–water partition coefficient (Wildman–Crippen LogP) is 4.75. The van der Waals surface area contributed by atoms with Crippen LogP contribution < -0.4 is 4.74 Å². The van der Waals surface area contributed by atoms with E-state index in [-0.39, 0.29) is 11.3 Å². The molecular formula is C17H17FO2. The van der Waals surface area contributed by atoms with Crippen molar-refractivity contribution in [3.8, 4) is 11.5 Å². The predicted molar refractivity (Wildman–Crippen MR) is 77.1 cm³/mol. The molecule has 0 fully saturated rings. The van der Waals surface area contributed by atoms with Gasteiger partial charge in [-0.1, -0.05) is 6.07 Å². The monoisotopic (exact) mass is 272 g/mol. The normalized spacial score (nSPS) is 10.4. The summed E-state index contributed by atoms with van der Waals surface area (Å²) in [5.74, 6) is 0.409. The molecule has 0 bridgehead atoms. The van der Waals surface area contributed by atoms with Crippen LogP contribution in [0, 0.1) is 26.6 Å². The van der Waals surface area contributed by atoms with Gasteiger partial charge in [0.25, 0.3) is 0 Å². The van der Waals surface area contributed by atoms with E-state index in [2.05, 4.69) is 0 Å². The third-order valence-electron chi connectivity index (χ3n) is 3.35. The van der Waals surface area contributed by atoms with E-state index >= 15 is 0 Å². The number of halogens is 1. The summed E-state index contributed by atoms with van der Waals surface area (Å²) in [7, 11) is 0. The minimum atomic E-state index is -0.400. The molecule has 3 heteroatoms. The van der Waals surface area contributed by atoms with Crippen LogP contribution in [0.15, 0.2) is 30.3 Å². The van der Waals surface area contributed by atoms with Crippen molar-refractivity contribution in [2.75, 3.05) is 0 Å². The van der Waals surface area contributed by atoms with Crippen molar-refractivity contribution in [3.05, 3.63) is 58.4 Å². The molecule has 0 unspecified atom stereocenters. The van der Waals surface area contributed by atoms with Crippen LogP contribution in [0.1, 0.15) is 34.0 Å². The second-order valence-corrected chi connectivity index (χ2v) is 5.00. The van der Waals surface area contributed by atoms with Crippen LogP contribution >= 0.6 is 0 Å².